The van der Waals surface area contributed by atoms with Crippen molar-refractivity contribution in [1.82, 2.24) is 0 Å². The molecular weight excluding hydrogens is 208 g/mol. The van der Waals surface area contributed by atoms with Gasteiger partial charge in [0.15, 0.2) is 0 Å². The minimum atomic E-state index is 1.14. The summed E-state index contributed by atoms with van der Waals surface area (Å²) in [6, 6.07) is 8.02. The summed E-state index contributed by atoms with van der Waals surface area (Å²) in [5.41, 5.74) is 2.27. The van der Waals surface area contributed by atoms with Crippen molar-refractivity contribution in [3.8, 4) is 0 Å². The predicted octanol–water partition coefficient (Wildman–Crippen LogP) is 5.29. The summed E-state index contributed by atoms with van der Waals surface area (Å²) in [6.45, 7) is 15.4. The van der Waals surface area contributed by atoms with Gasteiger partial charge in [-0.1, -0.05) is 77.3 Å². The highest BCUT2D eigenvalue weighted by Crippen LogP contribution is 2.10. The van der Waals surface area contributed by atoms with Crippen LogP contribution < -0.4 is 0 Å². The molecule has 0 atom stereocenters. The van der Waals surface area contributed by atoms with E-state index in [2.05, 4.69) is 17.9 Å². The molecule has 0 saturated heterocycles. The van der Waals surface area contributed by atoms with E-state index in [-0.39, 0.29) is 0 Å². The van der Waals surface area contributed by atoms with E-state index in [0.717, 1.165) is 11.1 Å². The number of hydrogen-bond acceptors (Lipinski definition) is 1. The SMILES string of the molecule is C=Cc1ccccc1C=C.CC.CC.COC. The minimum absolute atomic E-state index is 1.14. The van der Waals surface area contributed by atoms with Gasteiger partial charge in [-0.3, -0.25) is 0 Å². The lowest BCUT2D eigenvalue weighted by Gasteiger charge is -1.96. The first kappa shape index (κ1) is 21.0. The molecular formula is C16H28O. The summed E-state index contributed by atoms with van der Waals surface area (Å²) in [7, 11) is 3.25. The van der Waals surface area contributed by atoms with Gasteiger partial charge in [0.2, 0.25) is 0 Å². The molecule has 0 fully saturated rings. The van der Waals surface area contributed by atoms with E-state index >= 15 is 0 Å². The quantitative estimate of drug-likeness (QED) is 0.678. The van der Waals surface area contributed by atoms with Crippen LogP contribution in [0.1, 0.15) is 38.8 Å². The molecule has 0 unspecified atom stereocenters. The van der Waals surface area contributed by atoms with Crippen LogP contribution >= 0.6 is 0 Å². The van der Waals surface area contributed by atoms with Crippen LogP contribution in [-0.4, -0.2) is 14.2 Å². The van der Waals surface area contributed by atoms with Crippen molar-refractivity contribution in [3.05, 3.63) is 48.6 Å². The van der Waals surface area contributed by atoms with Crippen molar-refractivity contribution in [1.29, 1.82) is 0 Å². The molecule has 0 spiro atoms. The van der Waals surface area contributed by atoms with Gasteiger partial charge in [-0.05, 0) is 11.1 Å². The topological polar surface area (TPSA) is 9.23 Å². The van der Waals surface area contributed by atoms with Gasteiger partial charge in [-0.25, -0.2) is 0 Å². The summed E-state index contributed by atoms with van der Waals surface area (Å²) in [5, 5.41) is 0. The van der Waals surface area contributed by atoms with Crippen LogP contribution in [0.15, 0.2) is 37.4 Å². The molecule has 0 aliphatic heterocycles. The van der Waals surface area contributed by atoms with Crippen LogP contribution in [0.2, 0.25) is 0 Å². The van der Waals surface area contributed by atoms with E-state index in [4.69, 9.17) is 0 Å². The molecule has 0 aliphatic carbocycles. The smallest absolute Gasteiger partial charge is 0.0351 e. The largest absolute Gasteiger partial charge is 0.388 e. The van der Waals surface area contributed by atoms with Crippen LogP contribution in [0.4, 0.5) is 0 Å². The predicted molar refractivity (Wildman–Crippen MR) is 82.3 cm³/mol. The van der Waals surface area contributed by atoms with Gasteiger partial charge in [-0.15, -0.1) is 0 Å². The Hall–Kier alpha value is -1.34. The van der Waals surface area contributed by atoms with Crippen LogP contribution in [0.5, 0.6) is 0 Å². The fourth-order valence-electron chi connectivity index (χ4n) is 0.883. The van der Waals surface area contributed by atoms with Gasteiger partial charge in [-0.2, -0.15) is 0 Å². The number of ether oxygens (including phenoxy) is 1. The second-order valence-corrected chi connectivity index (χ2v) is 2.45. The first-order valence-corrected chi connectivity index (χ1v) is 6.04. The zero-order chi connectivity index (χ0) is 14.1. The molecule has 0 radical (unpaired) electrons. The summed E-state index contributed by atoms with van der Waals surface area (Å²) in [6.07, 6.45) is 3.66. The van der Waals surface area contributed by atoms with Crippen LogP contribution in [-0.2, 0) is 4.74 Å². The highest BCUT2D eigenvalue weighted by Gasteiger charge is 1.89. The first-order chi connectivity index (χ1) is 8.29. The van der Waals surface area contributed by atoms with Crippen molar-refractivity contribution >= 4 is 12.2 Å². The Labute approximate surface area is 108 Å². The van der Waals surface area contributed by atoms with Gasteiger partial charge >= 0.3 is 0 Å². The molecule has 1 heteroatoms. The van der Waals surface area contributed by atoms with Gasteiger partial charge in [0.1, 0.15) is 0 Å². The molecule has 1 aromatic rings. The molecule has 0 bridgehead atoms. The maximum Gasteiger partial charge on any atom is 0.0351 e. The Morgan fingerprint density at radius 1 is 0.824 bits per heavy atom. The highest BCUT2D eigenvalue weighted by molar-refractivity contribution is 5.63. The minimum Gasteiger partial charge on any atom is -0.388 e. The Kier molecular flexibility index (Phi) is 24.9. The molecule has 1 nitrogen and oxygen atoms in total. The zero-order valence-corrected chi connectivity index (χ0v) is 12.3. The monoisotopic (exact) mass is 236 g/mol. The number of methoxy groups -OCH3 is 1. The van der Waals surface area contributed by atoms with E-state index in [1.54, 1.807) is 14.2 Å². The molecule has 0 amide bonds. The Bertz CT molecular complexity index is 237. The molecule has 17 heavy (non-hydrogen) atoms. The van der Waals surface area contributed by atoms with E-state index in [1.165, 1.54) is 0 Å². The lowest BCUT2D eigenvalue weighted by molar-refractivity contribution is 0.277. The Morgan fingerprint density at radius 2 is 1.06 bits per heavy atom. The zero-order valence-electron chi connectivity index (χ0n) is 12.3. The molecule has 1 aromatic carbocycles. The second kappa shape index (κ2) is 20.1. The second-order valence-electron chi connectivity index (χ2n) is 2.45. The van der Waals surface area contributed by atoms with Crippen molar-refractivity contribution in [2.24, 2.45) is 0 Å². The molecule has 0 heterocycles. The van der Waals surface area contributed by atoms with Crippen molar-refractivity contribution in [2.45, 2.75) is 27.7 Å². The van der Waals surface area contributed by atoms with E-state index in [1.807, 2.05) is 64.1 Å². The average molecular weight is 236 g/mol. The highest BCUT2D eigenvalue weighted by atomic mass is 16.4. The van der Waals surface area contributed by atoms with Gasteiger partial charge in [0.25, 0.3) is 0 Å². The summed E-state index contributed by atoms with van der Waals surface area (Å²) < 4.78 is 4.25. The van der Waals surface area contributed by atoms with Crippen molar-refractivity contribution in [3.63, 3.8) is 0 Å². The lowest BCUT2D eigenvalue weighted by Crippen LogP contribution is -1.76. The van der Waals surface area contributed by atoms with Crippen molar-refractivity contribution < 1.29 is 4.74 Å². The molecule has 1 rings (SSSR count). The van der Waals surface area contributed by atoms with Crippen LogP contribution in [0, 0.1) is 0 Å². The molecule has 0 aromatic heterocycles. The standard InChI is InChI=1S/C10H10.C2H6O.2C2H6/c1-3-9-7-5-6-8-10(9)4-2;1-3-2;2*1-2/h3-8H,1-2H2;1-2H3;2*1-2H3. The van der Waals surface area contributed by atoms with E-state index in [0.29, 0.717) is 0 Å². The summed E-state index contributed by atoms with van der Waals surface area (Å²) >= 11 is 0. The summed E-state index contributed by atoms with van der Waals surface area (Å²) in [4.78, 5) is 0. The van der Waals surface area contributed by atoms with Gasteiger partial charge in [0.05, 0.1) is 0 Å². The third-order valence-corrected chi connectivity index (χ3v) is 1.44. The Balaban J connectivity index is -0.000000239. The maximum atomic E-state index is 4.25. The average Bonchev–Trinajstić information content (AvgIpc) is 2.44. The molecule has 0 N–H and O–H groups in total. The third-order valence-electron chi connectivity index (χ3n) is 1.44. The van der Waals surface area contributed by atoms with Gasteiger partial charge in [0, 0.05) is 14.2 Å². The normalized spacial score (nSPS) is 6.94. The van der Waals surface area contributed by atoms with Crippen molar-refractivity contribution in [2.75, 3.05) is 14.2 Å². The number of benzene rings is 1. The van der Waals surface area contributed by atoms with Crippen LogP contribution in [0.25, 0.3) is 12.2 Å². The maximum absolute atomic E-state index is 4.25. The molecule has 98 valence electrons. The number of rotatable bonds is 2. The van der Waals surface area contributed by atoms with E-state index < -0.39 is 0 Å². The van der Waals surface area contributed by atoms with E-state index in [9.17, 15) is 0 Å². The molecule has 0 saturated carbocycles. The number of hydrogen-bond donors (Lipinski definition) is 0. The third kappa shape index (κ3) is 12.6. The summed E-state index contributed by atoms with van der Waals surface area (Å²) in [5.74, 6) is 0. The molecule has 0 aliphatic rings. The Morgan fingerprint density at radius 3 is 1.24 bits per heavy atom. The fourth-order valence-corrected chi connectivity index (χ4v) is 0.883. The fraction of sp³-hybridized carbons (Fsp3) is 0.375. The first-order valence-electron chi connectivity index (χ1n) is 6.04. The van der Waals surface area contributed by atoms with Gasteiger partial charge < -0.3 is 4.74 Å². The lowest BCUT2D eigenvalue weighted by atomic mass is 10.1. The van der Waals surface area contributed by atoms with Crippen LogP contribution in [0.3, 0.4) is 0 Å².